The predicted octanol–water partition coefficient (Wildman–Crippen LogP) is 1.41. The number of ether oxygens (including phenoxy) is 1. The molecule has 3 N–H and O–H groups in total. The molecule has 1 saturated heterocycles. The maximum absolute atomic E-state index is 12.6. The van der Waals surface area contributed by atoms with E-state index in [1.165, 1.54) is 0 Å². The molecule has 2 aliphatic heterocycles. The summed E-state index contributed by atoms with van der Waals surface area (Å²) in [6.45, 7) is 0.955. The highest BCUT2D eigenvalue weighted by Gasteiger charge is 2.85. The first-order valence-electron chi connectivity index (χ1n) is 9.18. The average Bonchev–Trinajstić information content (AvgIpc) is 3.59. The van der Waals surface area contributed by atoms with Crippen molar-refractivity contribution in [1.29, 1.82) is 0 Å². The van der Waals surface area contributed by atoms with Crippen LogP contribution in [0.2, 0.25) is 0 Å². The van der Waals surface area contributed by atoms with Gasteiger partial charge in [0, 0.05) is 17.5 Å². The molecule has 5 aliphatic rings. The number of piperidine rings is 2. The van der Waals surface area contributed by atoms with Crippen LogP contribution in [0.25, 0.3) is 0 Å². The molecule has 0 spiro atoms. The van der Waals surface area contributed by atoms with Gasteiger partial charge in [0.25, 0.3) is 5.78 Å². The van der Waals surface area contributed by atoms with Gasteiger partial charge in [-0.25, -0.2) is 0 Å². The van der Waals surface area contributed by atoms with Crippen LogP contribution in [-0.2, 0) is 15.0 Å². The topological polar surface area (TPSA) is 113 Å². The van der Waals surface area contributed by atoms with E-state index in [4.69, 9.17) is 4.74 Å². The smallest absolute Gasteiger partial charge is 0.269 e. The molecule has 3 fully saturated rings. The highest BCUT2D eigenvalue weighted by Crippen LogP contribution is 2.80. The molecule has 0 bridgehead atoms. The van der Waals surface area contributed by atoms with Gasteiger partial charge in [-0.1, -0.05) is 6.07 Å². The third-order valence-corrected chi connectivity index (χ3v) is 6.73. The zero-order chi connectivity index (χ0) is 19.4. The van der Waals surface area contributed by atoms with Crippen LogP contribution in [0.15, 0.2) is 53.2 Å². The summed E-state index contributed by atoms with van der Waals surface area (Å²) < 4.78 is 5.72. The van der Waals surface area contributed by atoms with Crippen LogP contribution in [0.3, 0.4) is 0 Å². The van der Waals surface area contributed by atoms with Gasteiger partial charge in [0.15, 0.2) is 23.1 Å². The van der Waals surface area contributed by atoms with Crippen molar-refractivity contribution in [2.75, 3.05) is 6.54 Å². The molecule has 140 valence electrons. The predicted molar refractivity (Wildman–Crippen MR) is 94.9 cm³/mol. The van der Waals surface area contributed by atoms with Crippen molar-refractivity contribution in [2.45, 2.75) is 17.9 Å². The number of carbonyl (C=O) groups excluding carboxylic acids is 3. The van der Waals surface area contributed by atoms with Gasteiger partial charge in [0.1, 0.15) is 5.75 Å². The minimum absolute atomic E-state index is 0.138. The molecular weight excluding hydrogens is 362 g/mol. The molecule has 2 saturated carbocycles. The van der Waals surface area contributed by atoms with Crippen LogP contribution in [-0.4, -0.2) is 40.1 Å². The van der Waals surface area contributed by atoms with E-state index in [1.54, 1.807) is 12.1 Å². The fraction of sp³-hybridized carbons (Fsp3) is 0.286. The summed E-state index contributed by atoms with van der Waals surface area (Å²) in [5.74, 6) is -2.49. The lowest BCUT2D eigenvalue weighted by Crippen LogP contribution is -2.43. The Kier molecular flexibility index (Phi) is 2.71. The minimum atomic E-state index is -0.947. The van der Waals surface area contributed by atoms with Crippen molar-refractivity contribution in [3.05, 3.63) is 64.3 Å². The van der Waals surface area contributed by atoms with Gasteiger partial charge in [0.05, 0.1) is 11.1 Å². The number of carbonyl (C=O) groups is 3. The number of hydrogen-bond acceptors (Lipinski definition) is 7. The molecule has 2 atom stereocenters. The maximum atomic E-state index is 12.6. The lowest BCUT2D eigenvalue weighted by Gasteiger charge is -2.34. The number of allylic oxidation sites excluding steroid dienone is 4. The second-order valence-corrected chi connectivity index (χ2v) is 7.96. The lowest BCUT2D eigenvalue weighted by atomic mass is 9.78. The number of fused-ring (bicyclic) bond motifs is 3. The van der Waals surface area contributed by atoms with Gasteiger partial charge in [-0.2, -0.15) is 0 Å². The molecule has 1 aromatic rings. The van der Waals surface area contributed by atoms with E-state index in [9.17, 15) is 24.6 Å². The standard InChI is InChI=1S/C21H15NO6/c23-11-7-13(25)12(24)6-10(11)20-19(27)18(26)9-2-1-8(5-14(9)28-20)21-3-4-22-17-15(21)16(17)21/h1-2,5-7,15-17,22,24-25H,3-4H2/b20-10-. The van der Waals surface area contributed by atoms with Gasteiger partial charge in [-0.3, -0.25) is 14.4 Å². The first-order chi connectivity index (χ1) is 13.4. The van der Waals surface area contributed by atoms with E-state index in [0.717, 1.165) is 30.7 Å². The van der Waals surface area contributed by atoms with Gasteiger partial charge in [-0.15, -0.1) is 0 Å². The third kappa shape index (κ3) is 1.75. The Morgan fingerprint density at radius 1 is 1.04 bits per heavy atom. The largest absolute Gasteiger partial charge is 0.504 e. The number of nitrogens with one attached hydrogen (secondary N) is 1. The van der Waals surface area contributed by atoms with E-state index in [1.807, 2.05) is 6.07 Å². The Morgan fingerprint density at radius 3 is 2.54 bits per heavy atom. The molecule has 0 aromatic heterocycles. The van der Waals surface area contributed by atoms with Crippen LogP contribution in [0.5, 0.6) is 5.75 Å². The van der Waals surface area contributed by atoms with Gasteiger partial charge in [0.2, 0.25) is 5.78 Å². The fourth-order valence-electron chi connectivity index (χ4n) is 5.27. The van der Waals surface area contributed by atoms with E-state index >= 15 is 0 Å². The summed E-state index contributed by atoms with van der Waals surface area (Å²) >= 11 is 0. The highest BCUT2D eigenvalue weighted by atomic mass is 16.5. The Morgan fingerprint density at radius 2 is 1.79 bits per heavy atom. The monoisotopic (exact) mass is 377 g/mol. The summed E-state index contributed by atoms with van der Waals surface area (Å²) in [6, 6.07) is 5.92. The maximum Gasteiger partial charge on any atom is 0.269 e. The van der Waals surface area contributed by atoms with Crippen LogP contribution in [0, 0.1) is 11.8 Å². The molecule has 28 heavy (non-hydrogen) atoms. The molecule has 3 aliphatic carbocycles. The van der Waals surface area contributed by atoms with Crippen molar-refractivity contribution in [1.82, 2.24) is 5.32 Å². The van der Waals surface area contributed by atoms with Crippen LogP contribution in [0.1, 0.15) is 22.3 Å². The van der Waals surface area contributed by atoms with E-state index in [0.29, 0.717) is 17.9 Å². The SMILES string of the molecule is O=C1C=C(O)C(O)=C/C1=C1/Oc2cc(C34CCNC5C3C54)ccc2C(=O)C1=O. The Balaban J connectivity index is 1.43. The number of ketones is 3. The Hall–Kier alpha value is -3.19. The van der Waals surface area contributed by atoms with Crippen LogP contribution < -0.4 is 10.1 Å². The number of aliphatic hydroxyl groups is 2. The molecule has 2 heterocycles. The van der Waals surface area contributed by atoms with E-state index < -0.39 is 34.6 Å². The lowest BCUT2D eigenvalue weighted by molar-refractivity contribution is -0.115. The van der Waals surface area contributed by atoms with Crippen molar-refractivity contribution >= 4 is 17.3 Å². The number of benzene rings is 1. The van der Waals surface area contributed by atoms with E-state index in [-0.39, 0.29) is 22.3 Å². The highest BCUT2D eigenvalue weighted by molar-refractivity contribution is 6.51. The van der Waals surface area contributed by atoms with Crippen molar-refractivity contribution in [3.63, 3.8) is 0 Å². The summed E-state index contributed by atoms with van der Waals surface area (Å²) in [5, 5.41) is 22.6. The van der Waals surface area contributed by atoms with Gasteiger partial charge >= 0.3 is 0 Å². The summed E-state index contributed by atoms with van der Waals surface area (Å²) in [7, 11) is 0. The zero-order valence-electron chi connectivity index (χ0n) is 14.6. The summed E-state index contributed by atoms with van der Waals surface area (Å²) in [6.07, 6.45) is 2.76. The molecule has 0 amide bonds. The van der Waals surface area contributed by atoms with Crippen molar-refractivity contribution in [2.24, 2.45) is 11.8 Å². The zero-order valence-corrected chi connectivity index (χ0v) is 14.6. The van der Waals surface area contributed by atoms with E-state index in [2.05, 4.69) is 5.32 Å². The molecule has 7 heteroatoms. The quantitative estimate of drug-likeness (QED) is 0.501. The number of Topliss-reactive ketones (excluding diaryl/α,β-unsaturated/α-hetero) is 2. The molecule has 7 nitrogen and oxygen atoms in total. The summed E-state index contributed by atoms with van der Waals surface area (Å²) in [4.78, 5) is 37.3. The van der Waals surface area contributed by atoms with Crippen molar-refractivity contribution < 1.29 is 29.3 Å². The molecular formula is C21H15NO6. The number of hydrogen-bond donors (Lipinski definition) is 3. The van der Waals surface area contributed by atoms with Crippen molar-refractivity contribution in [3.8, 4) is 5.75 Å². The minimum Gasteiger partial charge on any atom is -0.504 e. The number of aliphatic hydroxyl groups excluding tert-OH is 2. The second kappa shape index (κ2) is 4.80. The van der Waals surface area contributed by atoms with Gasteiger partial charge in [-0.05, 0) is 48.6 Å². The Labute approximate surface area is 159 Å². The Bertz CT molecular complexity index is 1110. The first-order valence-corrected chi connectivity index (χ1v) is 9.18. The van der Waals surface area contributed by atoms with Crippen LogP contribution in [0.4, 0.5) is 0 Å². The normalized spacial score (nSPS) is 37.4. The summed E-state index contributed by atoms with van der Waals surface area (Å²) in [5.41, 5.74) is 1.15. The second-order valence-electron chi connectivity index (χ2n) is 7.96. The number of rotatable bonds is 1. The third-order valence-electron chi connectivity index (χ3n) is 6.73. The average molecular weight is 377 g/mol. The first kappa shape index (κ1) is 15.8. The van der Waals surface area contributed by atoms with Gasteiger partial charge < -0.3 is 20.3 Å². The molecule has 2 unspecified atom stereocenters. The van der Waals surface area contributed by atoms with Crippen LogP contribution >= 0.6 is 0 Å². The molecule has 1 aromatic carbocycles. The fourth-order valence-corrected chi connectivity index (χ4v) is 5.27. The molecule has 0 radical (unpaired) electrons. The molecule has 6 rings (SSSR count).